The van der Waals surface area contributed by atoms with E-state index in [1.165, 1.54) is 0 Å². The van der Waals surface area contributed by atoms with E-state index in [1.54, 1.807) is 4.90 Å². The van der Waals surface area contributed by atoms with E-state index in [0.717, 1.165) is 37.7 Å². The van der Waals surface area contributed by atoms with Crippen molar-refractivity contribution in [1.29, 1.82) is 0 Å². The van der Waals surface area contributed by atoms with E-state index < -0.39 is 11.8 Å². The molecule has 1 aliphatic carbocycles. The first-order valence-electron chi connectivity index (χ1n) is 9.32. The molecule has 1 aromatic carbocycles. The van der Waals surface area contributed by atoms with Gasteiger partial charge in [0.2, 0.25) is 11.8 Å². The Morgan fingerprint density at radius 3 is 2.52 bits per heavy atom. The van der Waals surface area contributed by atoms with Gasteiger partial charge < -0.3 is 10.1 Å². The van der Waals surface area contributed by atoms with Gasteiger partial charge in [-0.2, -0.15) is 0 Å². The first-order valence-corrected chi connectivity index (χ1v) is 9.32. The first kappa shape index (κ1) is 17.9. The lowest BCUT2D eigenvalue weighted by Crippen LogP contribution is -2.57. The molecule has 2 fully saturated rings. The molecule has 3 rings (SSSR count). The van der Waals surface area contributed by atoms with E-state index in [9.17, 15) is 9.59 Å². The van der Waals surface area contributed by atoms with E-state index in [0.29, 0.717) is 13.0 Å². The Kier molecular flexibility index (Phi) is 5.42. The van der Waals surface area contributed by atoms with Gasteiger partial charge in [-0.05, 0) is 45.1 Å². The molecule has 1 unspecified atom stereocenters. The van der Waals surface area contributed by atoms with E-state index in [2.05, 4.69) is 5.32 Å². The molecule has 1 heterocycles. The second-order valence-electron chi connectivity index (χ2n) is 7.42. The zero-order valence-electron chi connectivity index (χ0n) is 15.2. The summed E-state index contributed by atoms with van der Waals surface area (Å²) in [6.45, 7) is 4.15. The van der Waals surface area contributed by atoms with Gasteiger partial charge in [-0.25, -0.2) is 0 Å². The van der Waals surface area contributed by atoms with Crippen molar-refractivity contribution < 1.29 is 14.3 Å². The summed E-state index contributed by atoms with van der Waals surface area (Å²) < 4.78 is 6.11. The number of nitrogens with zero attached hydrogens (tertiary/aromatic N) is 1. The van der Waals surface area contributed by atoms with Crippen molar-refractivity contribution in [3.8, 4) is 0 Å². The molecule has 1 N–H and O–H groups in total. The first-order chi connectivity index (χ1) is 12.0. The number of nitrogens with one attached hydrogen (secondary N) is 1. The molecule has 1 saturated heterocycles. The van der Waals surface area contributed by atoms with Crippen LogP contribution in [0.15, 0.2) is 30.3 Å². The van der Waals surface area contributed by atoms with Gasteiger partial charge in [0.15, 0.2) is 0 Å². The summed E-state index contributed by atoms with van der Waals surface area (Å²) in [6.07, 6.45) is 5.17. The number of benzene rings is 1. The highest BCUT2D eigenvalue weighted by Crippen LogP contribution is 2.40. The Bertz CT molecular complexity index is 609. The molecule has 136 valence electrons. The van der Waals surface area contributed by atoms with Crippen LogP contribution in [-0.4, -0.2) is 41.1 Å². The number of rotatable bonds is 4. The highest BCUT2D eigenvalue weighted by Gasteiger charge is 2.52. The fourth-order valence-corrected chi connectivity index (χ4v) is 3.98. The van der Waals surface area contributed by atoms with Crippen molar-refractivity contribution in [3.63, 3.8) is 0 Å². The Labute approximate surface area is 149 Å². The van der Waals surface area contributed by atoms with Crippen LogP contribution in [-0.2, 0) is 20.7 Å². The maximum atomic E-state index is 13.2. The summed E-state index contributed by atoms with van der Waals surface area (Å²) in [5, 5.41) is 2.94. The van der Waals surface area contributed by atoms with Crippen LogP contribution in [0.1, 0.15) is 51.5 Å². The zero-order chi connectivity index (χ0) is 17.9. The van der Waals surface area contributed by atoms with Gasteiger partial charge in [0.05, 0.1) is 13.0 Å². The van der Waals surface area contributed by atoms with Gasteiger partial charge >= 0.3 is 0 Å². The minimum atomic E-state index is -0.594. The van der Waals surface area contributed by atoms with Gasteiger partial charge in [-0.15, -0.1) is 0 Å². The van der Waals surface area contributed by atoms with Crippen LogP contribution in [0.3, 0.4) is 0 Å². The average molecular weight is 344 g/mol. The Morgan fingerprint density at radius 2 is 1.88 bits per heavy atom. The quantitative estimate of drug-likeness (QED) is 0.913. The van der Waals surface area contributed by atoms with Gasteiger partial charge in [0.1, 0.15) is 11.8 Å². The van der Waals surface area contributed by atoms with Gasteiger partial charge in [0.25, 0.3) is 0 Å². The molecular formula is C20H28N2O3. The number of ether oxygens (including phenoxy) is 1. The van der Waals surface area contributed by atoms with Crippen LogP contribution >= 0.6 is 0 Å². The fraction of sp³-hybridized carbons (Fsp3) is 0.600. The van der Waals surface area contributed by atoms with Crippen molar-refractivity contribution in [2.24, 2.45) is 0 Å². The third kappa shape index (κ3) is 3.87. The number of hydrogen-bond donors (Lipinski definition) is 1. The van der Waals surface area contributed by atoms with Gasteiger partial charge in [0, 0.05) is 6.04 Å². The molecule has 5 nitrogen and oxygen atoms in total. The maximum absolute atomic E-state index is 13.2. The highest BCUT2D eigenvalue weighted by molar-refractivity contribution is 5.89. The molecule has 1 aromatic rings. The minimum absolute atomic E-state index is 0.0190. The largest absolute Gasteiger partial charge is 0.353 e. The molecule has 0 radical (unpaired) electrons. The molecule has 5 heteroatoms. The fourth-order valence-electron chi connectivity index (χ4n) is 3.98. The van der Waals surface area contributed by atoms with Crippen LogP contribution in [0.5, 0.6) is 0 Å². The SMILES string of the molecule is CC(C)NC(=O)C1COC2(CCCCC2)N1C(=O)Cc1ccccc1. The molecule has 0 aromatic heterocycles. The van der Waals surface area contributed by atoms with Crippen LogP contribution < -0.4 is 5.32 Å². The summed E-state index contributed by atoms with van der Waals surface area (Å²) >= 11 is 0. The molecule has 1 spiro atoms. The lowest BCUT2D eigenvalue weighted by Gasteiger charge is -2.41. The summed E-state index contributed by atoms with van der Waals surface area (Å²) in [6, 6.07) is 9.22. The molecule has 1 saturated carbocycles. The lowest BCUT2D eigenvalue weighted by atomic mass is 9.89. The normalized spacial score (nSPS) is 22.4. The molecule has 1 aliphatic heterocycles. The van der Waals surface area contributed by atoms with E-state index in [-0.39, 0.29) is 17.9 Å². The van der Waals surface area contributed by atoms with E-state index in [1.807, 2.05) is 44.2 Å². The van der Waals surface area contributed by atoms with E-state index >= 15 is 0 Å². The topological polar surface area (TPSA) is 58.6 Å². The molecule has 25 heavy (non-hydrogen) atoms. The number of carbonyl (C=O) groups is 2. The predicted molar refractivity (Wildman–Crippen MR) is 95.8 cm³/mol. The van der Waals surface area contributed by atoms with Gasteiger partial charge in [-0.1, -0.05) is 36.8 Å². The maximum Gasteiger partial charge on any atom is 0.245 e. The van der Waals surface area contributed by atoms with Crippen LogP contribution in [0.4, 0.5) is 0 Å². The summed E-state index contributed by atoms with van der Waals surface area (Å²) in [5.74, 6) is -0.131. The number of hydrogen-bond acceptors (Lipinski definition) is 3. The summed E-state index contributed by atoms with van der Waals surface area (Å²) in [7, 11) is 0. The number of carbonyl (C=O) groups excluding carboxylic acids is 2. The van der Waals surface area contributed by atoms with Crippen LogP contribution in [0, 0.1) is 0 Å². The van der Waals surface area contributed by atoms with Crippen molar-refractivity contribution in [2.75, 3.05) is 6.61 Å². The van der Waals surface area contributed by atoms with Crippen molar-refractivity contribution in [3.05, 3.63) is 35.9 Å². The van der Waals surface area contributed by atoms with Crippen molar-refractivity contribution in [1.82, 2.24) is 10.2 Å². The standard InChI is InChI=1S/C20H28N2O3/c1-15(2)21-19(24)17-14-25-20(11-7-4-8-12-20)22(17)18(23)13-16-9-5-3-6-10-16/h3,5-6,9-10,15,17H,4,7-8,11-14H2,1-2H3,(H,21,24). The third-order valence-electron chi connectivity index (χ3n) is 5.10. The smallest absolute Gasteiger partial charge is 0.245 e. The molecule has 2 aliphatic rings. The van der Waals surface area contributed by atoms with Crippen molar-refractivity contribution >= 4 is 11.8 Å². The molecule has 1 atom stereocenters. The van der Waals surface area contributed by atoms with E-state index in [4.69, 9.17) is 4.74 Å². The Morgan fingerprint density at radius 1 is 1.20 bits per heavy atom. The van der Waals surface area contributed by atoms with Crippen molar-refractivity contribution in [2.45, 2.75) is 70.2 Å². The Hall–Kier alpha value is -1.88. The second-order valence-corrected chi connectivity index (χ2v) is 7.42. The Balaban J connectivity index is 1.83. The zero-order valence-corrected chi connectivity index (χ0v) is 15.2. The highest BCUT2D eigenvalue weighted by atomic mass is 16.5. The van der Waals surface area contributed by atoms with Gasteiger partial charge in [-0.3, -0.25) is 14.5 Å². The monoisotopic (exact) mass is 344 g/mol. The molecular weight excluding hydrogens is 316 g/mol. The third-order valence-corrected chi connectivity index (χ3v) is 5.10. The molecule has 0 bridgehead atoms. The van der Waals surface area contributed by atoms with Crippen LogP contribution in [0.2, 0.25) is 0 Å². The number of amides is 2. The molecule has 2 amide bonds. The minimum Gasteiger partial charge on any atom is -0.353 e. The predicted octanol–water partition coefficient (Wildman–Crippen LogP) is 2.64. The summed E-state index contributed by atoms with van der Waals surface area (Å²) in [5.41, 5.74) is 0.372. The second kappa shape index (κ2) is 7.56. The summed E-state index contributed by atoms with van der Waals surface area (Å²) in [4.78, 5) is 27.6. The average Bonchev–Trinajstić information content (AvgIpc) is 2.94. The van der Waals surface area contributed by atoms with Crippen LogP contribution in [0.25, 0.3) is 0 Å². The lowest BCUT2D eigenvalue weighted by molar-refractivity contribution is -0.159.